The summed E-state index contributed by atoms with van der Waals surface area (Å²) in [7, 11) is 0. The van der Waals surface area contributed by atoms with Crippen molar-refractivity contribution < 1.29 is 5.11 Å². The average Bonchev–Trinajstić information content (AvgIpc) is 1.86. The molecule has 1 atom stereocenters. The standard InChI is InChI=1S/C10H20O/c1-8(2)6-5-7-10(11)9(3)4/h6,9-11H,5,7H2,1-4H3/t10-/m1/s1. The van der Waals surface area contributed by atoms with E-state index in [1.54, 1.807) is 0 Å². The van der Waals surface area contributed by atoms with E-state index < -0.39 is 0 Å². The van der Waals surface area contributed by atoms with Crippen molar-refractivity contribution in [2.45, 2.75) is 46.6 Å². The maximum Gasteiger partial charge on any atom is 0.0566 e. The van der Waals surface area contributed by atoms with E-state index in [1.165, 1.54) is 5.57 Å². The number of allylic oxidation sites excluding steroid dienone is 2. The lowest BCUT2D eigenvalue weighted by Crippen LogP contribution is -2.13. The zero-order valence-corrected chi connectivity index (χ0v) is 8.09. The quantitative estimate of drug-likeness (QED) is 0.620. The highest BCUT2D eigenvalue weighted by Crippen LogP contribution is 2.09. The molecule has 0 aromatic rings. The lowest BCUT2D eigenvalue weighted by atomic mass is 10.0. The van der Waals surface area contributed by atoms with E-state index >= 15 is 0 Å². The van der Waals surface area contributed by atoms with Crippen molar-refractivity contribution in [2.75, 3.05) is 0 Å². The third kappa shape index (κ3) is 6.11. The van der Waals surface area contributed by atoms with Gasteiger partial charge in [-0.2, -0.15) is 0 Å². The smallest absolute Gasteiger partial charge is 0.0566 e. The predicted octanol–water partition coefficient (Wildman–Crippen LogP) is 2.75. The van der Waals surface area contributed by atoms with Crippen LogP contribution in [0.1, 0.15) is 40.5 Å². The molecule has 1 N–H and O–H groups in total. The molecule has 0 saturated carbocycles. The van der Waals surface area contributed by atoms with Gasteiger partial charge in [0.05, 0.1) is 6.10 Å². The van der Waals surface area contributed by atoms with Crippen LogP contribution >= 0.6 is 0 Å². The van der Waals surface area contributed by atoms with Crippen molar-refractivity contribution in [2.24, 2.45) is 5.92 Å². The summed E-state index contributed by atoms with van der Waals surface area (Å²) in [6, 6.07) is 0. The van der Waals surface area contributed by atoms with Gasteiger partial charge in [0.1, 0.15) is 0 Å². The molecule has 0 bridgehead atoms. The van der Waals surface area contributed by atoms with E-state index in [1.807, 2.05) is 13.8 Å². The normalized spacial score (nSPS) is 13.3. The van der Waals surface area contributed by atoms with Gasteiger partial charge in [-0.25, -0.2) is 0 Å². The van der Waals surface area contributed by atoms with E-state index in [0.717, 1.165) is 12.8 Å². The van der Waals surface area contributed by atoms with Crippen LogP contribution in [0.15, 0.2) is 11.6 Å². The summed E-state index contributed by atoms with van der Waals surface area (Å²) >= 11 is 0. The van der Waals surface area contributed by atoms with Crippen LogP contribution in [0.5, 0.6) is 0 Å². The minimum Gasteiger partial charge on any atom is -0.393 e. The molecule has 1 nitrogen and oxygen atoms in total. The van der Waals surface area contributed by atoms with E-state index in [2.05, 4.69) is 19.9 Å². The molecule has 0 rings (SSSR count). The average molecular weight is 156 g/mol. The first-order chi connectivity index (χ1) is 5.04. The van der Waals surface area contributed by atoms with Crippen molar-refractivity contribution in [1.29, 1.82) is 0 Å². The van der Waals surface area contributed by atoms with Crippen molar-refractivity contribution in [3.05, 3.63) is 11.6 Å². The van der Waals surface area contributed by atoms with Gasteiger partial charge in [0.15, 0.2) is 0 Å². The van der Waals surface area contributed by atoms with Crippen LogP contribution in [0.25, 0.3) is 0 Å². The molecular formula is C10H20O. The molecule has 0 aliphatic heterocycles. The number of aliphatic hydroxyl groups is 1. The molecule has 0 fully saturated rings. The monoisotopic (exact) mass is 156 g/mol. The van der Waals surface area contributed by atoms with Gasteiger partial charge in [0.2, 0.25) is 0 Å². The topological polar surface area (TPSA) is 20.2 Å². The molecule has 0 radical (unpaired) electrons. The van der Waals surface area contributed by atoms with Gasteiger partial charge in [0, 0.05) is 0 Å². The van der Waals surface area contributed by atoms with Crippen LogP contribution in [-0.2, 0) is 0 Å². The van der Waals surface area contributed by atoms with E-state index in [9.17, 15) is 5.11 Å². The first-order valence-corrected chi connectivity index (χ1v) is 4.35. The molecule has 0 spiro atoms. The molecular weight excluding hydrogens is 136 g/mol. The zero-order chi connectivity index (χ0) is 8.85. The second-order valence-electron chi connectivity index (χ2n) is 3.67. The van der Waals surface area contributed by atoms with Crippen LogP contribution in [-0.4, -0.2) is 11.2 Å². The van der Waals surface area contributed by atoms with Crippen LogP contribution in [0.2, 0.25) is 0 Å². The lowest BCUT2D eigenvalue weighted by Gasteiger charge is -2.12. The molecule has 0 amide bonds. The summed E-state index contributed by atoms with van der Waals surface area (Å²) in [5.74, 6) is 0.389. The number of rotatable bonds is 4. The summed E-state index contributed by atoms with van der Waals surface area (Å²) in [5, 5.41) is 9.41. The molecule has 1 heteroatoms. The molecule has 66 valence electrons. The predicted molar refractivity (Wildman–Crippen MR) is 49.5 cm³/mol. The third-order valence-corrected chi connectivity index (χ3v) is 1.78. The summed E-state index contributed by atoms with van der Waals surface area (Å²) in [4.78, 5) is 0. The second-order valence-corrected chi connectivity index (χ2v) is 3.67. The fourth-order valence-electron chi connectivity index (χ4n) is 0.876. The highest BCUT2D eigenvalue weighted by Gasteiger charge is 2.06. The Balaban J connectivity index is 3.47. The maximum absolute atomic E-state index is 9.41. The van der Waals surface area contributed by atoms with Gasteiger partial charge >= 0.3 is 0 Å². The molecule has 0 unspecified atom stereocenters. The molecule has 0 aromatic carbocycles. The molecule has 0 aliphatic rings. The molecule has 0 aliphatic carbocycles. The maximum atomic E-state index is 9.41. The molecule has 0 heterocycles. The first-order valence-electron chi connectivity index (χ1n) is 4.35. The van der Waals surface area contributed by atoms with Crippen molar-refractivity contribution >= 4 is 0 Å². The van der Waals surface area contributed by atoms with Gasteiger partial charge in [-0.15, -0.1) is 0 Å². The highest BCUT2D eigenvalue weighted by atomic mass is 16.3. The summed E-state index contributed by atoms with van der Waals surface area (Å²) in [6.45, 7) is 8.27. The molecule has 11 heavy (non-hydrogen) atoms. The second kappa shape index (κ2) is 5.36. The molecule has 0 aromatic heterocycles. The van der Waals surface area contributed by atoms with Crippen molar-refractivity contribution in [3.63, 3.8) is 0 Å². The summed E-state index contributed by atoms with van der Waals surface area (Å²) in [6.07, 6.45) is 3.93. The minimum absolute atomic E-state index is 0.134. The largest absolute Gasteiger partial charge is 0.393 e. The van der Waals surface area contributed by atoms with Crippen LogP contribution in [0.4, 0.5) is 0 Å². The van der Waals surface area contributed by atoms with Crippen molar-refractivity contribution in [3.8, 4) is 0 Å². The molecule has 0 saturated heterocycles. The Morgan fingerprint density at radius 3 is 2.27 bits per heavy atom. The Kier molecular flexibility index (Phi) is 5.22. The van der Waals surface area contributed by atoms with Gasteiger partial charge < -0.3 is 5.11 Å². The minimum atomic E-state index is -0.134. The number of hydrogen-bond donors (Lipinski definition) is 1. The first kappa shape index (κ1) is 10.7. The summed E-state index contributed by atoms with van der Waals surface area (Å²) < 4.78 is 0. The Hall–Kier alpha value is -0.300. The van der Waals surface area contributed by atoms with E-state index in [-0.39, 0.29) is 6.10 Å². The van der Waals surface area contributed by atoms with Crippen molar-refractivity contribution in [1.82, 2.24) is 0 Å². The van der Waals surface area contributed by atoms with Crippen LogP contribution in [0.3, 0.4) is 0 Å². The fourth-order valence-corrected chi connectivity index (χ4v) is 0.876. The van der Waals surface area contributed by atoms with Gasteiger partial charge in [-0.3, -0.25) is 0 Å². The SMILES string of the molecule is CC(C)=CCC[C@@H](O)C(C)C. The Morgan fingerprint density at radius 2 is 1.91 bits per heavy atom. The van der Waals surface area contributed by atoms with E-state index in [4.69, 9.17) is 0 Å². The Morgan fingerprint density at radius 1 is 1.36 bits per heavy atom. The van der Waals surface area contributed by atoms with E-state index in [0.29, 0.717) is 5.92 Å². The van der Waals surface area contributed by atoms with Gasteiger partial charge in [0.25, 0.3) is 0 Å². The third-order valence-electron chi connectivity index (χ3n) is 1.78. The Labute approximate surface area is 70.1 Å². The number of hydrogen-bond acceptors (Lipinski definition) is 1. The highest BCUT2D eigenvalue weighted by molar-refractivity contribution is 4.92. The van der Waals surface area contributed by atoms with Gasteiger partial charge in [-0.1, -0.05) is 25.5 Å². The fraction of sp³-hybridized carbons (Fsp3) is 0.800. The van der Waals surface area contributed by atoms with Crippen LogP contribution < -0.4 is 0 Å². The number of aliphatic hydroxyl groups excluding tert-OH is 1. The lowest BCUT2D eigenvalue weighted by molar-refractivity contribution is 0.117. The zero-order valence-electron chi connectivity index (χ0n) is 8.09. The van der Waals surface area contributed by atoms with Crippen LogP contribution in [0, 0.1) is 5.92 Å². The summed E-state index contributed by atoms with van der Waals surface area (Å²) in [5.41, 5.74) is 1.33. The van der Waals surface area contributed by atoms with Gasteiger partial charge in [-0.05, 0) is 32.6 Å². The Bertz CT molecular complexity index is 121.